The summed E-state index contributed by atoms with van der Waals surface area (Å²) in [5, 5.41) is 3.25. The van der Waals surface area contributed by atoms with Gasteiger partial charge in [-0.05, 0) is 31.5 Å². The van der Waals surface area contributed by atoms with E-state index in [4.69, 9.17) is 15.2 Å². The Labute approximate surface area is 144 Å². The highest BCUT2D eigenvalue weighted by Gasteiger charge is 2.30. The maximum Gasteiger partial charge on any atom is 0.271 e. The van der Waals surface area contributed by atoms with Crippen molar-refractivity contribution < 1.29 is 18.7 Å². The predicted molar refractivity (Wildman–Crippen MR) is 87.8 cm³/mol. The Kier molecular flexibility index (Phi) is 4.54. The number of nitrogens with one attached hydrogen (secondary N) is 1. The second-order valence-corrected chi connectivity index (χ2v) is 6.20. The zero-order valence-corrected chi connectivity index (χ0v) is 14.0. The zero-order valence-electron chi connectivity index (χ0n) is 14.0. The molecule has 1 aromatic carbocycles. The number of carbonyl (C=O) groups is 1. The van der Waals surface area contributed by atoms with Crippen molar-refractivity contribution in [1.82, 2.24) is 15.3 Å². The molecule has 25 heavy (non-hydrogen) atoms. The van der Waals surface area contributed by atoms with Crippen LogP contribution in [0.3, 0.4) is 0 Å². The number of rotatable bonds is 5. The predicted octanol–water partition coefficient (Wildman–Crippen LogP) is 1.51. The van der Waals surface area contributed by atoms with E-state index in [2.05, 4.69) is 15.3 Å². The van der Waals surface area contributed by atoms with Crippen LogP contribution >= 0.6 is 0 Å². The van der Waals surface area contributed by atoms with E-state index in [-0.39, 0.29) is 23.1 Å². The molecule has 3 rings (SSSR count). The topological polar surface area (TPSA) is 99.4 Å². The van der Waals surface area contributed by atoms with Gasteiger partial charge >= 0.3 is 0 Å². The summed E-state index contributed by atoms with van der Waals surface area (Å²) in [7, 11) is 0. The quantitative estimate of drug-likeness (QED) is 0.851. The first-order valence-corrected chi connectivity index (χ1v) is 7.84. The third-order valence-electron chi connectivity index (χ3n) is 3.82. The van der Waals surface area contributed by atoms with Crippen LogP contribution in [0.15, 0.2) is 24.3 Å². The standard InChI is InChI=1S/C17H19FN4O3/c1-17(2,20-9-10-4-3-5-11(18)8-10)16-21-12(14(19)23)13-15(22-16)25-7-6-24-13/h3-5,8,20H,6-7,9H2,1-2H3,(H2,19,23). The maximum atomic E-state index is 13.3. The van der Waals surface area contributed by atoms with Crippen molar-refractivity contribution in [3.8, 4) is 11.6 Å². The van der Waals surface area contributed by atoms with Crippen LogP contribution in [0.4, 0.5) is 4.39 Å². The molecule has 1 aliphatic heterocycles. The Morgan fingerprint density at radius 3 is 2.80 bits per heavy atom. The summed E-state index contributed by atoms with van der Waals surface area (Å²) in [6, 6.07) is 6.29. The van der Waals surface area contributed by atoms with Gasteiger partial charge in [0.1, 0.15) is 19.0 Å². The fourth-order valence-corrected chi connectivity index (χ4v) is 2.44. The number of hydrogen-bond acceptors (Lipinski definition) is 6. The van der Waals surface area contributed by atoms with Crippen LogP contribution in [0.2, 0.25) is 0 Å². The van der Waals surface area contributed by atoms with Gasteiger partial charge in [-0.2, -0.15) is 4.98 Å². The summed E-state index contributed by atoms with van der Waals surface area (Å²) in [6.45, 7) is 4.73. The third kappa shape index (κ3) is 3.69. The lowest BCUT2D eigenvalue weighted by Crippen LogP contribution is -2.39. The minimum absolute atomic E-state index is 0.0136. The monoisotopic (exact) mass is 346 g/mol. The van der Waals surface area contributed by atoms with Gasteiger partial charge in [-0.25, -0.2) is 9.37 Å². The van der Waals surface area contributed by atoms with E-state index in [0.717, 1.165) is 5.56 Å². The highest BCUT2D eigenvalue weighted by molar-refractivity contribution is 5.94. The van der Waals surface area contributed by atoms with Gasteiger partial charge in [0.05, 0.1) is 5.54 Å². The van der Waals surface area contributed by atoms with Gasteiger partial charge in [0, 0.05) is 6.54 Å². The first-order chi connectivity index (χ1) is 11.9. The van der Waals surface area contributed by atoms with E-state index < -0.39 is 11.4 Å². The molecule has 0 saturated heterocycles. The van der Waals surface area contributed by atoms with Crippen molar-refractivity contribution in [1.29, 1.82) is 0 Å². The summed E-state index contributed by atoms with van der Waals surface area (Å²) < 4.78 is 24.2. The molecule has 2 heterocycles. The third-order valence-corrected chi connectivity index (χ3v) is 3.82. The lowest BCUT2D eigenvalue weighted by atomic mass is 10.0. The summed E-state index contributed by atoms with van der Waals surface area (Å²) in [5.74, 6) is -0.314. The van der Waals surface area contributed by atoms with Crippen LogP contribution < -0.4 is 20.5 Å². The molecule has 0 aliphatic carbocycles. The van der Waals surface area contributed by atoms with Crippen LogP contribution in [0.25, 0.3) is 0 Å². The lowest BCUT2D eigenvalue weighted by Gasteiger charge is -2.27. The van der Waals surface area contributed by atoms with Crippen molar-refractivity contribution in [2.75, 3.05) is 13.2 Å². The molecule has 0 spiro atoms. The molecule has 0 radical (unpaired) electrons. The van der Waals surface area contributed by atoms with E-state index in [9.17, 15) is 9.18 Å². The number of benzene rings is 1. The van der Waals surface area contributed by atoms with E-state index in [1.807, 2.05) is 19.9 Å². The van der Waals surface area contributed by atoms with E-state index >= 15 is 0 Å². The SMILES string of the molecule is CC(C)(NCc1cccc(F)c1)c1nc2c(c(C(N)=O)n1)OCCO2. The molecule has 1 amide bonds. The summed E-state index contributed by atoms with van der Waals surface area (Å²) in [5.41, 5.74) is 5.45. The molecule has 0 atom stereocenters. The number of carbonyl (C=O) groups excluding carboxylic acids is 1. The fourth-order valence-electron chi connectivity index (χ4n) is 2.44. The fraction of sp³-hybridized carbons (Fsp3) is 0.353. The normalized spacial score (nSPS) is 13.6. The van der Waals surface area contributed by atoms with Crippen LogP contribution in [0, 0.1) is 5.82 Å². The number of ether oxygens (including phenoxy) is 2. The zero-order chi connectivity index (χ0) is 18.0. The molecule has 0 fully saturated rings. The molecule has 1 aromatic heterocycles. The van der Waals surface area contributed by atoms with Gasteiger partial charge in [0.15, 0.2) is 11.5 Å². The first-order valence-electron chi connectivity index (χ1n) is 7.84. The van der Waals surface area contributed by atoms with Crippen LogP contribution in [0.5, 0.6) is 11.6 Å². The second kappa shape index (κ2) is 6.64. The number of halogens is 1. The molecule has 132 valence electrons. The Hall–Kier alpha value is -2.74. The molecule has 0 bridgehead atoms. The smallest absolute Gasteiger partial charge is 0.271 e. The van der Waals surface area contributed by atoms with Gasteiger partial charge in [-0.1, -0.05) is 12.1 Å². The summed E-state index contributed by atoms with van der Waals surface area (Å²) in [6.07, 6.45) is 0. The number of nitrogens with two attached hydrogens (primary N) is 1. The van der Waals surface area contributed by atoms with Gasteiger partial charge in [-0.15, -0.1) is 0 Å². The van der Waals surface area contributed by atoms with Crippen molar-refractivity contribution in [2.24, 2.45) is 5.73 Å². The number of amides is 1. The Balaban J connectivity index is 1.88. The maximum absolute atomic E-state index is 13.3. The lowest BCUT2D eigenvalue weighted by molar-refractivity contribution is 0.0979. The van der Waals surface area contributed by atoms with Gasteiger partial charge in [0.2, 0.25) is 5.75 Å². The number of fused-ring (bicyclic) bond motifs is 1. The van der Waals surface area contributed by atoms with Gasteiger partial charge < -0.3 is 20.5 Å². The molecule has 7 nitrogen and oxygen atoms in total. The molecule has 2 aromatic rings. The second-order valence-electron chi connectivity index (χ2n) is 6.20. The number of hydrogen-bond donors (Lipinski definition) is 2. The van der Waals surface area contributed by atoms with Crippen LogP contribution in [-0.4, -0.2) is 29.1 Å². The summed E-state index contributed by atoms with van der Waals surface area (Å²) in [4.78, 5) is 20.3. The molecule has 1 aliphatic rings. The average molecular weight is 346 g/mol. The largest absolute Gasteiger partial charge is 0.483 e. The number of primary amides is 1. The molecular formula is C17H19FN4O3. The number of aromatic nitrogens is 2. The minimum Gasteiger partial charge on any atom is -0.483 e. The van der Waals surface area contributed by atoms with Crippen molar-refractivity contribution in [2.45, 2.75) is 25.9 Å². The molecule has 3 N–H and O–H groups in total. The Bertz CT molecular complexity index is 810. The summed E-state index contributed by atoms with van der Waals surface area (Å²) >= 11 is 0. The molecular weight excluding hydrogens is 327 g/mol. The first kappa shape index (κ1) is 17.1. The van der Waals surface area contributed by atoms with E-state index in [0.29, 0.717) is 25.6 Å². The highest BCUT2D eigenvalue weighted by atomic mass is 19.1. The molecule has 8 heteroatoms. The van der Waals surface area contributed by atoms with Crippen LogP contribution in [0.1, 0.15) is 35.7 Å². The van der Waals surface area contributed by atoms with Crippen LogP contribution in [-0.2, 0) is 12.1 Å². The van der Waals surface area contributed by atoms with Gasteiger partial charge in [-0.3, -0.25) is 4.79 Å². The molecule has 0 saturated carbocycles. The van der Waals surface area contributed by atoms with Crippen molar-refractivity contribution >= 4 is 5.91 Å². The van der Waals surface area contributed by atoms with E-state index in [1.54, 1.807) is 6.07 Å². The Morgan fingerprint density at radius 1 is 1.32 bits per heavy atom. The highest BCUT2D eigenvalue weighted by Crippen LogP contribution is 2.33. The van der Waals surface area contributed by atoms with Crippen molar-refractivity contribution in [3.63, 3.8) is 0 Å². The number of nitrogens with zero attached hydrogens (tertiary/aromatic N) is 2. The molecule has 0 unspecified atom stereocenters. The van der Waals surface area contributed by atoms with Gasteiger partial charge in [0.25, 0.3) is 11.8 Å². The van der Waals surface area contributed by atoms with E-state index in [1.165, 1.54) is 12.1 Å². The Morgan fingerprint density at radius 2 is 2.08 bits per heavy atom. The average Bonchev–Trinajstić information content (AvgIpc) is 2.59. The van der Waals surface area contributed by atoms with Crippen molar-refractivity contribution in [3.05, 3.63) is 47.2 Å². The minimum atomic E-state index is -0.716.